The fourth-order valence-electron chi connectivity index (χ4n) is 2.11. The van der Waals surface area contributed by atoms with E-state index in [-0.39, 0.29) is 0 Å². The highest BCUT2D eigenvalue weighted by Crippen LogP contribution is 2.35. The highest BCUT2D eigenvalue weighted by atomic mass is 32.2. The quantitative estimate of drug-likeness (QED) is 0.708. The normalized spacial score (nSPS) is 10.6. The van der Waals surface area contributed by atoms with Gasteiger partial charge in [-0.15, -0.1) is 0 Å². The van der Waals surface area contributed by atoms with Crippen LogP contribution in [0.5, 0.6) is 0 Å². The Bertz CT molecular complexity index is 518. The Morgan fingerprint density at radius 3 is 1.94 bits per heavy atom. The lowest BCUT2D eigenvalue weighted by Gasteiger charge is -2.12. The molecule has 0 amide bonds. The van der Waals surface area contributed by atoms with Crippen molar-refractivity contribution >= 4 is 11.8 Å². The zero-order valence-corrected chi connectivity index (χ0v) is 11.7. The van der Waals surface area contributed by atoms with Crippen LogP contribution in [0.4, 0.5) is 0 Å². The lowest BCUT2D eigenvalue weighted by atomic mass is 10.1. The standard InChI is InChI=1S/C16H18S/c1-11-9-13(3)16(14(4)10-11)17-15-8-6-5-7-12(15)2/h5-10H,1-4H3. The maximum absolute atomic E-state index is 2.26. The fraction of sp³-hybridized carbons (Fsp3) is 0.250. The van der Waals surface area contributed by atoms with Crippen molar-refractivity contribution in [3.63, 3.8) is 0 Å². The van der Waals surface area contributed by atoms with Gasteiger partial charge in [-0.3, -0.25) is 0 Å². The molecular formula is C16H18S. The molecule has 2 aromatic rings. The van der Waals surface area contributed by atoms with Gasteiger partial charge in [0.25, 0.3) is 0 Å². The van der Waals surface area contributed by atoms with Crippen molar-refractivity contribution in [3.8, 4) is 0 Å². The summed E-state index contributed by atoms with van der Waals surface area (Å²) in [4.78, 5) is 2.74. The summed E-state index contributed by atoms with van der Waals surface area (Å²) in [5.74, 6) is 0. The molecule has 17 heavy (non-hydrogen) atoms. The maximum atomic E-state index is 2.26. The van der Waals surface area contributed by atoms with Gasteiger partial charge in [-0.1, -0.05) is 47.7 Å². The summed E-state index contributed by atoms with van der Waals surface area (Å²) in [5.41, 5.74) is 5.43. The van der Waals surface area contributed by atoms with Crippen LogP contribution in [0.3, 0.4) is 0 Å². The minimum Gasteiger partial charge on any atom is -0.0893 e. The molecule has 0 N–H and O–H groups in total. The smallest absolute Gasteiger partial charge is 0.0181 e. The van der Waals surface area contributed by atoms with Crippen molar-refractivity contribution in [2.24, 2.45) is 0 Å². The van der Waals surface area contributed by atoms with Crippen molar-refractivity contribution in [2.45, 2.75) is 37.5 Å². The van der Waals surface area contributed by atoms with Crippen LogP contribution in [0.25, 0.3) is 0 Å². The molecule has 2 rings (SSSR count). The second-order valence-electron chi connectivity index (χ2n) is 4.60. The van der Waals surface area contributed by atoms with Crippen molar-refractivity contribution in [2.75, 3.05) is 0 Å². The number of hydrogen-bond donors (Lipinski definition) is 0. The third-order valence-electron chi connectivity index (χ3n) is 2.91. The van der Waals surface area contributed by atoms with Gasteiger partial charge in [0.2, 0.25) is 0 Å². The molecule has 0 radical (unpaired) electrons. The van der Waals surface area contributed by atoms with Crippen LogP contribution >= 0.6 is 11.8 Å². The monoisotopic (exact) mass is 242 g/mol. The van der Waals surface area contributed by atoms with Crippen molar-refractivity contribution in [3.05, 3.63) is 58.7 Å². The Morgan fingerprint density at radius 2 is 1.35 bits per heavy atom. The Labute approximate surface area is 108 Å². The van der Waals surface area contributed by atoms with Gasteiger partial charge in [-0.25, -0.2) is 0 Å². The lowest BCUT2D eigenvalue weighted by molar-refractivity contribution is 1.18. The van der Waals surface area contributed by atoms with E-state index in [2.05, 4.69) is 64.1 Å². The number of hydrogen-bond acceptors (Lipinski definition) is 1. The molecule has 0 nitrogen and oxygen atoms in total. The second kappa shape index (κ2) is 4.97. The van der Waals surface area contributed by atoms with E-state index in [0.717, 1.165) is 0 Å². The summed E-state index contributed by atoms with van der Waals surface area (Å²) in [6.45, 7) is 8.71. The molecule has 2 aromatic carbocycles. The number of rotatable bonds is 2. The van der Waals surface area contributed by atoms with Crippen molar-refractivity contribution in [1.82, 2.24) is 0 Å². The van der Waals surface area contributed by atoms with E-state index in [1.54, 1.807) is 0 Å². The van der Waals surface area contributed by atoms with Gasteiger partial charge in [0, 0.05) is 9.79 Å². The summed E-state index contributed by atoms with van der Waals surface area (Å²) in [5, 5.41) is 0. The summed E-state index contributed by atoms with van der Waals surface area (Å²) in [6, 6.07) is 13.1. The molecule has 0 unspecified atom stereocenters. The summed E-state index contributed by atoms with van der Waals surface area (Å²) in [6.07, 6.45) is 0. The highest BCUT2D eigenvalue weighted by molar-refractivity contribution is 7.99. The van der Waals surface area contributed by atoms with Crippen LogP contribution in [0, 0.1) is 27.7 Å². The van der Waals surface area contributed by atoms with Crippen LogP contribution < -0.4 is 0 Å². The summed E-state index contributed by atoms with van der Waals surface area (Å²) >= 11 is 1.88. The van der Waals surface area contributed by atoms with Crippen molar-refractivity contribution < 1.29 is 0 Å². The molecule has 0 aliphatic carbocycles. The molecule has 0 saturated carbocycles. The van der Waals surface area contributed by atoms with Gasteiger partial charge in [-0.05, 0) is 50.5 Å². The van der Waals surface area contributed by atoms with Crippen LogP contribution in [0.2, 0.25) is 0 Å². The lowest BCUT2D eigenvalue weighted by Crippen LogP contribution is -1.88. The van der Waals surface area contributed by atoms with E-state index in [1.165, 1.54) is 32.0 Å². The Morgan fingerprint density at radius 1 is 0.765 bits per heavy atom. The second-order valence-corrected chi connectivity index (χ2v) is 5.65. The van der Waals surface area contributed by atoms with Crippen LogP contribution in [-0.4, -0.2) is 0 Å². The molecule has 1 heteroatoms. The maximum Gasteiger partial charge on any atom is 0.0181 e. The van der Waals surface area contributed by atoms with Crippen LogP contribution in [-0.2, 0) is 0 Å². The zero-order chi connectivity index (χ0) is 12.4. The van der Waals surface area contributed by atoms with E-state index in [0.29, 0.717) is 0 Å². The van der Waals surface area contributed by atoms with Gasteiger partial charge < -0.3 is 0 Å². The van der Waals surface area contributed by atoms with E-state index in [4.69, 9.17) is 0 Å². The van der Waals surface area contributed by atoms with Gasteiger partial charge in [0.05, 0.1) is 0 Å². The Hall–Kier alpha value is -1.21. The van der Waals surface area contributed by atoms with Gasteiger partial charge in [0.1, 0.15) is 0 Å². The SMILES string of the molecule is Cc1cc(C)c(Sc2ccccc2C)c(C)c1. The fourth-order valence-corrected chi connectivity index (χ4v) is 3.14. The minimum atomic E-state index is 1.34. The first kappa shape index (κ1) is 12.3. The first-order chi connectivity index (χ1) is 8.08. The molecule has 0 heterocycles. The van der Waals surface area contributed by atoms with Gasteiger partial charge in [0.15, 0.2) is 0 Å². The Balaban J connectivity index is 2.40. The summed E-state index contributed by atoms with van der Waals surface area (Å²) in [7, 11) is 0. The average Bonchev–Trinajstić information content (AvgIpc) is 2.25. The first-order valence-corrected chi connectivity index (χ1v) is 6.71. The first-order valence-electron chi connectivity index (χ1n) is 5.89. The molecule has 0 spiro atoms. The van der Waals surface area contributed by atoms with Gasteiger partial charge in [-0.2, -0.15) is 0 Å². The molecule has 0 atom stereocenters. The van der Waals surface area contributed by atoms with E-state index in [9.17, 15) is 0 Å². The predicted octanol–water partition coefficient (Wildman–Crippen LogP) is 5.07. The molecule has 0 aromatic heterocycles. The van der Waals surface area contributed by atoms with E-state index >= 15 is 0 Å². The van der Waals surface area contributed by atoms with Crippen molar-refractivity contribution in [1.29, 1.82) is 0 Å². The third-order valence-corrected chi connectivity index (χ3v) is 4.44. The summed E-state index contributed by atoms with van der Waals surface area (Å²) < 4.78 is 0. The molecule has 0 aliphatic heterocycles. The third kappa shape index (κ3) is 2.73. The molecule has 0 bridgehead atoms. The largest absolute Gasteiger partial charge is 0.0893 e. The number of benzene rings is 2. The highest BCUT2D eigenvalue weighted by Gasteiger charge is 2.07. The molecule has 0 aliphatic rings. The van der Waals surface area contributed by atoms with E-state index in [1.807, 2.05) is 11.8 Å². The molecule has 0 fully saturated rings. The van der Waals surface area contributed by atoms with Crippen LogP contribution in [0.15, 0.2) is 46.2 Å². The Kier molecular flexibility index (Phi) is 3.58. The molecular weight excluding hydrogens is 224 g/mol. The predicted molar refractivity (Wildman–Crippen MR) is 76.0 cm³/mol. The zero-order valence-electron chi connectivity index (χ0n) is 10.9. The van der Waals surface area contributed by atoms with Crippen LogP contribution in [0.1, 0.15) is 22.3 Å². The molecule has 0 saturated heterocycles. The average molecular weight is 242 g/mol. The molecule has 88 valence electrons. The van der Waals surface area contributed by atoms with Gasteiger partial charge >= 0.3 is 0 Å². The van der Waals surface area contributed by atoms with E-state index < -0.39 is 0 Å². The number of aryl methyl sites for hydroxylation is 4. The topological polar surface area (TPSA) is 0 Å². The minimum absolute atomic E-state index is 1.34.